The van der Waals surface area contributed by atoms with Gasteiger partial charge in [0, 0.05) is 3.57 Å². The summed E-state index contributed by atoms with van der Waals surface area (Å²) in [5, 5.41) is 10.4. The van der Waals surface area contributed by atoms with Crippen molar-refractivity contribution in [3.05, 3.63) is 62.5 Å². The van der Waals surface area contributed by atoms with Gasteiger partial charge in [-0.05, 0) is 70.5 Å². The van der Waals surface area contributed by atoms with Gasteiger partial charge in [0.15, 0.2) is 0 Å². The predicted octanol–water partition coefficient (Wildman–Crippen LogP) is 3.83. The fourth-order valence-corrected chi connectivity index (χ4v) is 2.75. The molecule has 0 aliphatic rings. The Labute approximate surface area is 125 Å². The molecule has 0 saturated carbocycles. The zero-order chi connectivity index (χ0) is 14.0. The van der Waals surface area contributed by atoms with Crippen molar-refractivity contribution in [2.75, 3.05) is 7.11 Å². The van der Waals surface area contributed by atoms with Crippen LogP contribution in [0.1, 0.15) is 22.8 Å². The Kier molecular flexibility index (Phi) is 4.42. The van der Waals surface area contributed by atoms with Crippen LogP contribution in [0, 0.1) is 16.3 Å². The topological polar surface area (TPSA) is 29.5 Å². The number of aliphatic hydroxyl groups is 1. The van der Waals surface area contributed by atoms with Gasteiger partial charge in [0.25, 0.3) is 0 Å². The van der Waals surface area contributed by atoms with Crippen molar-refractivity contribution in [3.8, 4) is 5.75 Å². The van der Waals surface area contributed by atoms with Crippen LogP contribution >= 0.6 is 22.6 Å². The number of methoxy groups -OCH3 is 1. The minimum absolute atomic E-state index is 0.300. The summed E-state index contributed by atoms with van der Waals surface area (Å²) in [5.41, 5.74) is 2.42. The molecule has 0 heterocycles. The van der Waals surface area contributed by atoms with Crippen LogP contribution in [0.5, 0.6) is 5.75 Å². The Balaban J connectivity index is 2.38. The minimum atomic E-state index is -0.767. The van der Waals surface area contributed by atoms with E-state index in [1.165, 1.54) is 12.1 Å². The summed E-state index contributed by atoms with van der Waals surface area (Å²) in [4.78, 5) is 0. The highest BCUT2D eigenvalue weighted by molar-refractivity contribution is 14.1. The summed E-state index contributed by atoms with van der Waals surface area (Å²) in [7, 11) is 1.61. The molecule has 0 fully saturated rings. The summed E-state index contributed by atoms with van der Waals surface area (Å²) >= 11 is 2.03. The van der Waals surface area contributed by atoms with Crippen molar-refractivity contribution in [2.45, 2.75) is 13.0 Å². The molecular formula is C15H14FIO2. The standard InChI is InChI=1S/C15H14FIO2/c1-9-7-10(3-6-14(9)19-2)15(18)12-5-4-11(16)8-13(12)17/h3-8,15,18H,1-2H3. The van der Waals surface area contributed by atoms with Gasteiger partial charge >= 0.3 is 0 Å². The van der Waals surface area contributed by atoms with Crippen LogP contribution in [0.15, 0.2) is 36.4 Å². The van der Waals surface area contributed by atoms with Gasteiger partial charge in [-0.3, -0.25) is 0 Å². The SMILES string of the molecule is COc1ccc(C(O)c2ccc(F)cc2I)cc1C. The van der Waals surface area contributed by atoms with Crippen molar-refractivity contribution in [1.82, 2.24) is 0 Å². The number of aryl methyl sites for hydroxylation is 1. The molecule has 2 aromatic carbocycles. The molecule has 0 amide bonds. The van der Waals surface area contributed by atoms with Gasteiger partial charge in [-0.2, -0.15) is 0 Å². The first-order valence-electron chi connectivity index (χ1n) is 5.80. The first kappa shape index (κ1) is 14.3. The van der Waals surface area contributed by atoms with Gasteiger partial charge in [0.1, 0.15) is 17.7 Å². The Morgan fingerprint density at radius 1 is 1.21 bits per heavy atom. The molecule has 1 atom stereocenters. The molecule has 0 aliphatic carbocycles. The van der Waals surface area contributed by atoms with Crippen LogP contribution in [0.25, 0.3) is 0 Å². The van der Waals surface area contributed by atoms with Gasteiger partial charge in [-0.25, -0.2) is 4.39 Å². The summed E-state index contributed by atoms with van der Waals surface area (Å²) in [6.07, 6.45) is -0.767. The molecule has 19 heavy (non-hydrogen) atoms. The lowest BCUT2D eigenvalue weighted by atomic mass is 9.99. The molecular weight excluding hydrogens is 358 g/mol. The zero-order valence-corrected chi connectivity index (χ0v) is 12.8. The normalized spacial score (nSPS) is 12.3. The number of hydrogen-bond acceptors (Lipinski definition) is 2. The van der Waals surface area contributed by atoms with E-state index < -0.39 is 6.10 Å². The monoisotopic (exact) mass is 372 g/mol. The highest BCUT2D eigenvalue weighted by Gasteiger charge is 2.15. The largest absolute Gasteiger partial charge is 0.496 e. The molecule has 2 nitrogen and oxygen atoms in total. The fraction of sp³-hybridized carbons (Fsp3) is 0.200. The number of ether oxygens (including phenoxy) is 1. The van der Waals surface area contributed by atoms with Crippen LogP contribution in [-0.4, -0.2) is 12.2 Å². The van der Waals surface area contributed by atoms with E-state index in [1.807, 2.05) is 47.7 Å². The van der Waals surface area contributed by atoms with E-state index in [0.29, 0.717) is 9.13 Å². The highest BCUT2D eigenvalue weighted by atomic mass is 127. The summed E-state index contributed by atoms with van der Waals surface area (Å²) in [6.45, 7) is 1.92. The molecule has 0 aromatic heterocycles. The van der Waals surface area contributed by atoms with Gasteiger partial charge in [-0.1, -0.05) is 12.1 Å². The summed E-state index contributed by atoms with van der Waals surface area (Å²) < 4.78 is 19.0. The fourth-order valence-electron chi connectivity index (χ4n) is 1.97. The van der Waals surface area contributed by atoms with Gasteiger partial charge in [0.2, 0.25) is 0 Å². The van der Waals surface area contributed by atoms with E-state index in [2.05, 4.69) is 0 Å². The molecule has 4 heteroatoms. The maximum atomic E-state index is 13.1. The molecule has 0 radical (unpaired) electrons. The molecule has 100 valence electrons. The van der Waals surface area contributed by atoms with Gasteiger partial charge < -0.3 is 9.84 Å². The van der Waals surface area contributed by atoms with E-state index in [0.717, 1.165) is 16.9 Å². The van der Waals surface area contributed by atoms with Crippen LogP contribution in [0.3, 0.4) is 0 Å². The van der Waals surface area contributed by atoms with E-state index in [-0.39, 0.29) is 5.82 Å². The molecule has 0 saturated heterocycles. The average molecular weight is 372 g/mol. The Morgan fingerprint density at radius 3 is 2.53 bits per heavy atom. The van der Waals surface area contributed by atoms with E-state index in [9.17, 15) is 9.50 Å². The van der Waals surface area contributed by atoms with Crippen LogP contribution in [0.2, 0.25) is 0 Å². The Morgan fingerprint density at radius 2 is 1.95 bits per heavy atom. The van der Waals surface area contributed by atoms with Gasteiger partial charge in [0.05, 0.1) is 7.11 Å². The summed E-state index contributed by atoms with van der Waals surface area (Å²) in [5.74, 6) is 0.482. The van der Waals surface area contributed by atoms with Crippen molar-refractivity contribution in [3.63, 3.8) is 0 Å². The van der Waals surface area contributed by atoms with Crippen molar-refractivity contribution >= 4 is 22.6 Å². The zero-order valence-electron chi connectivity index (χ0n) is 10.7. The molecule has 1 N–H and O–H groups in total. The number of hydrogen-bond donors (Lipinski definition) is 1. The van der Waals surface area contributed by atoms with Crippen LogP contribution in [0.4, 0.5) is 4.39 Å². The lowest BCUT2D eigenvalue weighted by Gasteiger charge is -2.15. The average Bonchev–Trinajstić information content (AvgIpc) is 2.38. The Bertz CT molecular complexity index is 599. The number of halogens is 2. The first-order valence-corrected chi connectivity index (χ1v) is 6.88. The third-order valence-corrected chi connectivity index (χ3v) is 3.93. The van der Waals surface area contributed by atoms with Crippen LogP contribution in [-0.2, 0) is 0 Å². The maximum absolute atomic E-state index is 13.1. The summed E-state index contributed by atoms with van der Waals surface area (Å²) in [6, 6.07) is 9.90. The molecule has 0 bridgehead atoms. The highest BCUT2D eigenvalue weighted by Crippen LogP contribution is 2.29. The third kappa shape index (κ3) is 3.06. The van der Waals surface area contributed by atoms with Crippen LogP contribution < -0.4 is 4.74 Å². The maximum Gasteiger partial charge on any atom is 0.124 e. The van der Waals surface area contributed by atoms with E-state index >= 15 is 0 Å². The second-order valence-electron chi connectivity index (χ2n) is 4.30. The smallest absolute Gasteiger partial charge is 0.124 e. The molecule has 0 aliphatic heterocycles. The lowest BCUT2D eigenvalue weighted by molar-refractivity contribution is 0.219. The molecule has 0 spiro atoms. The second-order valence-corrected chi connectivity index (χ2v) is 5.46. The lowest BCUT2D eigenvalue weighted by Crippen LogP contribution is -2.03. The number of benzene rings is 2. The predicted molar refractivity (Wildman–Crippen MR) is 80.9 cm³/mol. The van der Waals surface area contributed by atoms with Crippen molar-refractivity contribution in [1.29, 1.82) is 0 Å². The molecule has 2 rings (SSSR count). The van der Waals surface area contributed by atoms with Gasteiger partial charge in [-0.15, -0.1) is 0 Å². The number of aliphatic hydroxyl groups excluding tert-OH is 1. The van der Waals surface area contributed by atoms with E-state index in [4.69, 9.17) is 4.74 Å². The Hall–Kier alpha value is -1.14. The minimum Gasteiger partial charge on any atom is -0.496 e. The van der Waals surface area contributed by atoms with Crippen molar-refractivity contribution in [2.24, 2.45) is 0 Å². The van der Waals surface area contributed by atoms with E-state index in [1.54, 1.807) is 13.2 Å². The van der Waals surface area contributed by atoms with Crippen molar-refractivity contribution < 1.29 is 14.2 Å². The first-order chi connectivity index (χ1) is 9.02. The number of rotatable bonds is 3. The second kappa shape index (κ2) is 5.88. The third-order valence-electron chi connectivity index (χ3n) is 2.99. The molecule has 2 aromatic rings. The quantitative estimate of drug-likeness (QED) is 0.830. The molecule has 1 unspecified atom stereocenters.